The van der Waals surface area contributed by atoms with Crippen molar-refractivity contribution in [2.24, 2.45) is 0 Å². The second-order valence-electron chi connectivity index (χ2n) is 3.89. The largest absolute Gasteiger partial charge is 0.289 e. The third-order valence-corrected chi connectivity index (χ3v) is 3.34. The lowest BCUT2D eigenvalue weighted by molar-refractivity contribution is 0.0978. The van der Waals surface area contributed by atoms with Crippen LogP contribution in [0.25, 0.3) is 0 Å². The van der Waals surface area contributed by atoms with Crippen LogP contribution in [0.1, 0.15) is 40.5 Å². The van der Waals surface area contributed by atoms with Gasteiger partial charge in [0.15, 0.2) is 5.78 Å². The molecule has 1 aliphatic rings. The van der Waals surface area contributed by atoms with Crippen molar-refractivity contribution in [1.82, 2.24) is 0 Å². The number of ketones is 2. The highest BCUT2D eigenvalue weighted by atomic mass is 35.5. The summed E-state index contributed by atoms with van der Waals surface area (Å²) in [4.78, 5) is 24.1. The lowest BCUT2D eigenvalue weighted by atomic mass is 9.87. The number of Topliss-reactive ketones (excluding diaryl/α,β-unsaturated/α-hetero) is 2. The Balaban J connectivity index is 2.60. The zero-order chi connectivity index (χ0) is 12.6. The Morgan fingerprint density at radius 1 is 1.06 bits per heavy atom. The summed E-state index contributed by atoms with van der Waals surface area (Å²) in [5.41, 5.74) is 1.11. The number of rotatable bonds is 2. The number of allylic oxidation sites excluding steroid dienone is 2. The maximum atomic E-state index is 12.1. The van der Waals surface area contributed by atoms with Gasteiger partial charge in [-0.3, -0.25) is 9.59 Å². The molecular weight excluding hydrogens is 259 g/mol. The molecule has 0 heterocycles. The van der Waals surface area contributed by atoms with Gasteiger partial charge in [0.05, 0.1) is 5.03 Å². The Labute approximate surface area is 109 Å². The quantitative estimate of drug-likeness (QED) is 0.812. The van der Waals surface area contributed by atoms with Gasteiger partial charge in [-0.05, 0) is 24.6 Å². The van der Waals surface area contributed by atoms with E-state index < -0.39 is 0 Å². The fourth-order valence-electron chi connectivity index (χ4n) is 1.89. The number of carbonyl (C=O) groups is 2. The van der Waals surface area contributed by atoms with Crippen molar-refractivity contribution in [1.29, 1.82) is 0 Å². The highest BCUT2D eigenvalue weighted by Gasteiger charge is 2.30. The van der Waals surface area contributed by atoms with E-state index in [0.29, 0.717) is 28.1 Å². The summed E-state index contributed by atoms with van der Waals surface area (Å²) in [6.07, 6.45) is 1.29. The molecule has 0 amide bonds. The van der Waals surface area contributed by atoms with Crippen LogP contribution in [0.2, 0.25) is 5.02 Å². The van der Waals surface area contributed by atoms with Crippen LogP contribution in [-0.2, 0) is 0 Å². The van der Waals surface area contributed by atoms with Gasteiger partial charge in [-0.15, -0.1) is 0 Å². The summed E-state index contributed by atoms with van der Waals surface area (Å²) in [7, 11) is 0. The van der Waals surface area contributed by atoms with Crippen molar-refractivity contribution in [3.63, 3.8) is 0 Å². The third-order valence-electron chi connectivity index (χ3n) is 2.71. The van der Waals surface area contributed by atoms with Gasteiger partial charge in [-0.2, -0.15) is 0 Å². The molecule has 0 aromatic heterocycles. The predicted octanol–water partition coefficient (Wildman–Crippen LogP) is 4.01. The smallest absolute Gasteiger partial charge is 0.205 e. The number of hydrogen-bond acceptors (Lipinski definition) is 2. The first-order chi connectivity index (χ1) is 8.06. The van der Waals surface area contributed by atoms with E-state index in [-0.39, 0.29) is 16.6 Å². The van der Waals surface area contributed by atoms with Gasteiger partial charge < -0.3 is 0 Å². The number of benzene rings is 1. The predicted molar refractivity (Wildman–Crippen MR) is 67.9 cm³/mol. The minimum Gasteiger partial charge on any atom is -0.289 e. The van der Waals surface area contributed by atoms with Crippen LogP contribution in [0, 0.1) is 0 Å². The van der Waals surface area contributed by atoms with Crippen LogP contribution in [0.15, 0.2) is 28.8 Å². The molecule has 0 bridgehead atoms. The Kier molecular flexibility index (Phi) is 3.36. The Hall–Kier alpha value is -1.12. The standard InChI is InChI=1S/C13H10Cl2O2/c1-2-3-9-11(15)13(17)10-6-7(14)4-5-8(10)12(9)16/h4-6H,2-3H2,1H3. The third kappa shape index (κ3) is 2.03. The Bertz CT molecular complexity index is 544. The van der Waals surface area contributed by atoms with E-state index in [4.69, 9.17) is 23.2 Å². The normalized spacial score (nSPS) is 15.2. The molecule has 0 fully saturated rings. The van der Waals surface area contributed by atoms with Gasteiger partial charge in [0.2, 0.25) is 5.78 Å². The minimum absolute atomic E-state index is 0.0339. The van der Waals surface area contributed by atoms with E-state index in [9.17, 15) is 9.59 Å². The van der Waals surface area contributed by atoms with E-state index in [0.717, 1.165) is 6.42 Å². The van der Waals surface area contributed by atoms with Crippen LogP contribution in [0.4, 0.5) is 0 Å². The van der Waals surface area contributed by atoms with Gasteiger partial charge in [0.1, 0.15) is 0 Å². The molecule has 0 saturated carbocycles. The second-order valence-corrected chi connectivity index (χ2v) is 4.71. The summed E-state index contributed by atoms with van der Waals surface area (Å²) < 4.78 is 0. The Morgan fingerprint density at radius 2 is 1.76 bits per heavy atom. The first-order valence-electron chi connectivity index (χ1n) is 5.33. The van der Waals surface area contributed by atoms with E-state index in [1.165, 1.54) is 6.07 Å². The van der Waals surface area contributed by atoms with Gasteiger partial charge in [-0.1, -0.05) is 36.5 Å². The van der Waals surface area contributed by atoms with Crippen molar-refractivity contribution in [3.8, 4) is 0 Å². The molecule has 4 heteroatoms. The zero-order valence-electron chi connectivity index (χ0n) is 9.22. The van der Waals surface area contributed by atoms with Crippen LogP contribution in [0.5, 0.6) is 0 Å². The summed E-state index contributed by atoms with van der Waals surface area (Å²) >= 11 is 11.8. The zero-order valence-corrected chi connectivity index (χ0v) is 10.7. The van der Waals surface area contributed by atoms with Gasteiger partial charge >= 0.3 is 0 Å². The highest BCUT2D eigenvalue weighted by Crippen LogP contribution is 2.32. The first kappa shape index (κ1) is 12.3. The molecule has 0 saturated heterocycles. The van der Waals surface area contributed by atoms with E-state index in [2.05, 4.69) is 0 Å². The lowest BCUT2D eigenvalue weighted by Gasteiger charge is -2.17. The fourth-order valence-corrected chi connectivity index (χ4v) is 2.35. The number of carbonyl (C=O) groups excluding carboxylic acids is 2. The monoisotopic (exact) mass is 268 g/mol. The molecule has 1 aromatic rings. The minimum atomic E-state index is -0.313. The molecule has 0 spiro atoms. The van der Waals surface area contributed by atoms with Gasteiger partial charge in [0.25, 0.3) is 0 Å². The average molecular weight is 269 g/mol. The van der Waals surface area contributed by atoms with Crippen LogP contribution < -0.4 is 0 Å². The van der Waals surface area contributed by atoms with E-state index in [1.807, 2.05) is 6.92 Å². The van der Waals surface area contributed by atoms with Gasteiger partial charge in [0, 0.05) is 21.7 Å². The van der Waals surface area contributed by atoms with Crippen molar-refractivity contribution < 1.29 is 9.59 Å². The average Bonchev–Trinajstić information content (AvgIpc) is 2.32. The lowest BCUT2D eigenvalue weighted by Crippen LogP contribution is -2.19. The molecule has 1 aliphatic carbocycles. The molecule has 2 nitrogen and oxygen atoms in total. The molecule has 0 radical (unpaired) electrons. The molecular formula is C13H10Cl2O2. The van der Waals surface area contributed by atoms with Gasteiger partial charge in [-0.25, -0.2) is 0 Å². The maximum Gasteiger partial charge on any atom is 0.205 e. The van der Waals surface area contributed by atoms with E-state index in [1.54, 1.807) is 12.1 Å². The van der Waals surface area contributed by atoms with Crippen molar-refractivity contribution in [2.45, 2.75) is 19.8 Å². The first-order valence-corrected chi connectivity index (χ1v) is 6.09. The topological polar surface area (TPSA) is 34.1 Å². The van der Waals surface area contributed by atoms with Crippen LogP contribution in [-0.4, -0.2) is 11.6 Å². The summed E-state index contributed by atoms with van der Waals surface area (Å²) in [6, 6.07) is 4.67. The summed E-state index contributed by atoms with van der Waals surface area (Å²) in [5.74, 6) is -0.477. The van der Waals surface area contributed by atoms with Crippen molar-refractivity contribution >= 4 is 34.8 Å². The molecule has 2 rings (SSSR count). The number of halogens is 2. The highest BCUT2D eigenvalue weighted by molar-refractivity contribution is 6.50. The molecule has 1 aromatic carbocycles. The molecule has 17 heavy (non-hydrogen) atoms. The fraction of sp³-hybridized carbons (Fsp3) is 0.231. The molecule has 0 atom stereocenters. The Morgan fingerprint density at radius 3 is 2.41 bits per heavy atom. The van der Waals surface area contributed by atoms with Crippen molar-refractivity contribution in [3.05, 3.63) is 45.0 Å². The SMILES string of the molecule is CCCC1=C(Cl)C(=O)c2cc(Cl)ccc2C1=O. The molecule has 0 unspecified atom stereocenters. The summed E-state index contributed by atoms with van der Waals surface area (Å²) in [5, 5.41) is 0.458. The number of fused-ring (bicyclic) bond motifs is 1. The second kappa shape index (κ2) is 4.63. The van der Waals surface area contributed by atoms with Crippen LogP contribution in [0.3, 0.4) is 0 Å². The van der Waals surface area contributed by atoms with Crippen molar-refractivity contribution in [2.75, 3.05) is 0 Å². The van der Waals surface area contributed by atoms with Crippen LogP contribution >= 0.6 is 23.2 Å². The maximum absolute atomic E-state index is 12.1. The number of hydrogen-bond donors (Lipinski definition) is 0. The molecule has 0 N–H and O–H groups in total. The summed E-state index contributed by atoms with van der Waals surface area (Å²) in [6.45, 7) is 1.94. The van der Waals surface area contributed by atoms with E-state index >= 15 is 0 Å². The molecule has 88 valence electrons. The molecule has 0 aliphatic heterocycles.